The molecule has 0 amide bonds. The van der Waals surface area contributed by atoms with E-state index in [1.807, 2.05) is 55.5 Å². The molecule has 0 aliphatic carbocycles. The Kier molecular flexibility index (Phi) is 3.19. The molecular weight excluding hydrogens is 322 g/mol. The van der Waals surface area contributed by atoms with Crippen LogP contribution in [0.25, 0.3) is 39.3 Å². The minimum Gasteiger partial charge on any atom is -0.436 e. The standard InChI is InChI=1S/C22H17N3O/c1-14-8-11-21-19(12-14)24-22(26-21)16-9-10-20-18(13-16)23-15(2)25(20)17-6-4-3-5-7-17/h3-13H,1-2H3. The summed E-state index contributed by atoms with van der Waals surface area (Å²) in [5.74, 6) is 1.58. The lowest BCUT2D eigenvalue weighted by atomic mass is 10.2. The average Bonchev–Trinajstić information content (AvgIpc) is 3.21. The van der Waals surface area contributed by atoms with Crippen molar-refractivity contribution in [2.45, 2.75) is 13.8 Å². The third-order valence-electron chi connectivity index (χ3n) is 4.63. The Morgan fingerprint density at radius 1 is 0.808 bits per heavy atom. The monoisotopic (exact) mass is 339 g/mol. The van der Waals surface area contributed by atoms with Crippen molar-refractivity contribution in [1.82, 2.24) is 14.5 Å². The van der Waals surface area contributed by atoms with E-state index >= 15 is 0 Å². The van der Waals surface area contributed by atoms with Gasteiger partial charge in [-0.25, -0.2) is 9.97 Å². The van der Waals surface area contributed by atoms with Crippen LogP contribution in [-0.4, -0.2) is 14.5 Å². The highest BCUT2D eigenvalue weighted by atomic mass is 16.3. The van der Waals surface area contributed by atoms with Gasteiger partial charge >= 0.3 is 0 Å². The number of nitrogens with zero attached hydrogens (tertiary/aromatic N) is 3. The molecule has 2 heterocycles. The number of hydrogen-bond donors (Lipinski definition) is 0. The lowest BCUT2D eigenvalue weighted by Crippen LogP contribution is -1.95. The van der Waals surface area contributed by atoms with E-state index in [-0.39, 0.29) is 0 Å². The van der Waals surface area contributed by atoms with Crippen molar-refractivity contribution in [2.75, 3.05) is 0 Å². The molecule has 0 saturated carbocycles. The number of fused-ring (bicyclic) bond motifs is 2. The number of para-hydroxylation sites is 1. The first-order valence-corrected chi connectivity index (χ1v) is 8.61. The molecule has 4 heteroatoms. The van der Waals surface area contributed by atoms with Gasteiger partial charge in [-0.05, 0) is 61.9 Å². The quantitative estimate of drug-likeness (QED) is 0.429. The molecule has 0 spiro atoms. The summed E-state index contributed by atoms with van der Waals surface area (Å²) in [5.41, 5.74) is 6.90. The zero-order valence-corrected chi connectivity index (χ0v) is 14.6. The maximum atomic E-state index is 5.93. The Morgan fingerprint density at radius 3 is 2.50 bits per heavy atom. The number of imidazole rings is 1. The van der Waals surface area contributed by atoms with Gasteiger partial charge in [-0.1, -0.05) is 24.3 Å². The van der Waals surface area contributed by atoms with E-state index in [2.05, 4.69) is 34.7 Å². The van der Waals surface area contributed by atoms with Crippen molar-refractivity contribution in [3.63, 3.8) is 0 Å². The molecule has 0 aliphatic heterocycles. The van der Waals surface area contributed by atoms with Gasteiger partial charge in [0.2, 0.25) is 5.89 Å². The second kappa shape index (κ2) is 5.56. The summed E-state index contributed by atoms with van der Waals surface area (Å²) >= 11 is 0. The zero-order chi connectivity index (χ0) is 17.7. The number of aromatic nitrogens is 3. The summed E-state index contributed by atoms with van der Waals surface area (Å²) in [4.78, 5) is 9.37. The average molecular weight is 339 g/mol. The fraction of sp³-hybridized carbons (Fsp3) is 0.0909. The van der Waals surface area contributed by atoms with E-state index in [1.165, 1.54) is 5.56 Å². The van der Waals surface area contributed by atoms with Crippen LogP contribution in [0.5, 0.6) is 0 Å². The molecule has 126 valence electrons. The van der Waals surface area contributed by atoms with Crippen LogP contribution in [0.2, 0.25) is 0 Å². The second-order valence-electron chi connectivity index (χ2n) is 6.52. The summed E-state index contributed by atoms with van der Waals surface area (Å²) in [6, 6.07) is 22.5. The van der Waals surface area contributed by atoms with Crippen LogP contribution < -0.4 is 0 Å². The Bertz CT molecular complexity index is 1250. The van der Waals surface area contributed by atoms with Gasteiger partial charge in [0.15, 0.2) is 5.58 Å². The molecule has 0 bridgehead atoms. The molecule has 3 aromatic carbocycles. The van der Waals surface area contributed by atoms with E-state index in [9.17, 15) is 0 Å². The van der Waals surface area contributed by atoms with Crippen LogP contribution in [0, 0.1) is 13.8 Å². The number of aryl methyl sites for hydroxylation is 2. The van der Waals surface area contributed by atoms with E-state index in [4.69, 9.17) is 9.40 Å². The van der Waals surface area contributed by atoms with E-state index in [1.54, 1.807) is 0 Å². The predicted molar refractivity (Wildman–Crippen MR) is 104 cm³/mol. The molecule has 0 aliphatic rings. The van der Waals surface area contributed by atoms with Crippen molar-refractivity contribution in [1.29, 1.82) is 0 Å². The normalized spacial score (nSPS) is 11.5. The lowest BCUT2D eigenvalue weighted by molar-refractivity contribution is 0.620. The molecule has 0 unspecified atom stereocenters. The SMILES string of the molecule is Cc1ccc2oc(-c3ccc4c(c3)nc(C)n4-c3ccccc3)nc2c1. The van der Waals surface area contributed by atoms with E-state index in [0.717, 1.165) is 39.2 Å². The van der Waals surface area contributed by atoms with Gasteiger partial charge in [-0.2, -0.15) is 0 Å². The number of oxazole rings is 1. The Labute approximate surface area is 150 Å². The third kappa shape index (κ3) is 2.30. The second-order valence-corrected chi connectivity index (χ2v) is 6.52. The van der Waals surface area contributed by atoms with Gasteiger partial charge in [-0.3, -0.25) is 4.57 Å². The topological polar surface area (TPSA) is 43.9 Å². The van der Waals surface area contributed by atoms with Crippen LogP contribution in [0.15, 0.2) is 71.1 Å². The molecule has 0 saturated heterocycles. The largest absolute Gasteiger partial charge is 0.436 e. The summed E-state index contributed by atoms with van der Waals surface area (Å²) in [5, 5.41) is 0. The predicted octanol–water partition coefficient (Wildman–Crippen LogP) is 5.45. The van der Waals surface area contributed by atoms with Gasteiger partial charge in [0.25, 0.3) is 0 Å². The number of rotatable bonds is 2. The first-order valence-electron chi connectivity index (χ1n) is 8.61. The molecule has 4 nitrogen and oxygen atoms in total. The minimum atomic E-state index is 0.624. The Balaban J connectivity index is 1.66. The molecule has 0 fully saturated rings. The molecule has 0 N–H and O–H groups in total. The summed E-state index contributed by atoms with van der Waals surface area (Å²) in [7, 11) is 0. The number of benzene rings is 3. The van der Waals surface area contributed by atoms with Gasteiger partial charge in [-0.15, -0.1) is 0 Å². The molecule has 2 aromatic heterocycles. The zero-order valence-electron chi connectivity index (χ0n) is 14.6. The lowest BCUT2D eigenvalue weighted by Gasteiger charge is -2.06. The number of hydrogen-bond acceptors (Lipinski definition) is 3. The molecule has 26 heavy (non-hydrogen) atoms. The summed E-state index contributed by atoms with van der Waals surface area (Å²) in [6.07, 6.45) is 0. The highest BCUT2D eigenvalue weighted by Gasteiger charge is 2.13. The van der Waals surface area contributed by atoms with E-state index < -0.39 is 0 Å². The molecule has 5 rings (SSSR count). The highest BCUT2D eigenvalue weighted by molar-refractivity contribution is 5.84. The highest BCUT2D eigenvalue weighted by Crippen LogP contribution is 2.29. The maximum absolute atomic E-state index is 5.93. The summed E-state index contributed by atoms with van der Waals surface area (Å²) < 4.78 is 8.10. The minimum absolute atomic E-state index is 0.624. The van der Waals surface area contributed by atoms with E-state index in [0.29, 0.717) is 5.89 Å². The van der Waals surface area contributed by atoms with Crippen molar-refractivity contribution in [3.05, 3.63) is 78.1 Å². The van der Waals surface area contributed by atoms with Crippen LogP contribution in [0.4, 0.5) is 0 Å². The molecule has 0 atom stereocenters. The van der Waals surface area contributed by atoms with Crippen molar-refractivity contribution in [2.24, 2.45) is 0 Å². The smallest absolute Gasteiger partial charge is 0.227 e. The molecule has 5 aromatic rings. The van der Waals surface area contributed by atoms with Crippen LogP contribution in [0.1, 0.15) is 11.4 Å². The molecular formula is C22H17N3O. The fourth-order valence-electron chi connectivity index (χ4n) is 3.40. The fourth-order valence-corrected chi connectivity index (χ4v) is 3.40. The van der Waals surface area contributed by atoms with Gasteiger partial charge in [0.05, 0.1) is 11.0 Å². The van der Waals surface area contributed by atoms with Gasteiger partial charge in [0.1, 0.15) is 11.3 Å². The first kappa shape index (κ1) is 14.9. The van der Waals surface area contributed by atoms with Crippen molar-refractivity contribution < 1.29 is 4.42 Å². The van der Waals surface area contributed by atoms with Gasteiger partial charge < -0.3 is 4.42 Å². The summed E-state index contributed by atoms with van der Waals surface area (Å²) in [6.45, 7) is 4.08. The molecule has 0 radical (unpaired) electrons. The van der Waals surface area contributed by atoms with Crippen LogP contribution in [0.3, 0.4) is 0 Å². The third-order valence-corrected chi connectivity index (χ3v) is 4.63. The Morgan fingerprint density at radius 2 is 1.65 bits per heavy atom. The van der Waals surface area contributed by atoms with Crippen molar-refractivity contribution >= 4 is 22.1 Å². The van der Waals surface area contributed by atoms with Crippen LogP contribution in [-0.2, 0) is 0 Å². The van der Waals surface area contributed by atoms with Crippen molar-refractivity contribution in [3.8, 4) is 17.1 Å². The maximum Gasteiger partial charge on any atom is 0.227 e. The Hall–Kier alpha value is -3.40. The van der Waals surface area contributed by atoms with Crippen LogP contribution >= 0.6 is 0 Å². The van der Waals surface area contributed by atoms with Gasteiger partial charge in [0, 0.05) is 11.3 Å². The first-order chi connectivity index (χ1) is 12.7.